The van der Waals surface area contributed by atoms with Crippen LogP contribution in [0, 0.1) is 0 Å². The molecule has 5 heteroatoms. The van der Waals surface area contributed by atoms with Crippen LogP contribution in [0.1, 0.15) is 5.56 Å². The summed E-state index contributed by atoms with van der Waals surface area (Å²) in [6, 6.07) is 15.6. The average Bonchev–Trinajstić information content (AvgIpc) is 2.37. The highest BCUT2D eigenvalue weighted by Crippen LogP contribution is 2.25. The Labute approximate surface area is 117 Å². The van der Waals surface area contributed by atoms with E-state index in [9.17, 15) is 8.42 Å². The molecular weight excluding hydrogens is 282 g/mol. The predicted octanol–water partition coefficient (Wildman–Crippen LogP) is 3.46. The van der Waals surface area contributed by atoms with Crippen LogP contribution >= 0.6 is 11.6 Å². The van der Waals surface area contributed by atoms with Crippen LogP contribution in [-0.2, 0) is 9.84 Å². The second kappa shape index (κ2) is 5.55. The molecule has 0 aromatic heterocycles. The number of hydrogen-bond acceptors (Lipinski definition) is 3. The summed E-state index contributed by atoms with van der Waals surface area (Å²) >= 11 is 6.00. The summed E-state index contributed by atoms with van der Waals surface area (Å²) in [5.41, 5.74) is 0.985. The van der Waals surface area contributed by atoms with Crippen molar-refractivity contribution in [3.05, 3.63) is 65.2 Å². The number of nitrogens with zero attached hydrogens (tertiary/aromatic N) is 1. The number of benzene rings is 2. The van der Waals surface area contributed by atoms with Crippen molar-refractivity contribution < 1.29 is 8.42 Å². The van der Waals surface area contributed by atoms with Crippen LogP contribution in [-0.4, -0.2) is 19.7 Å². The van der Waals surface area contributed by atoms with Crippen molar-refractivity contribution in [1.82, 2.24) is 0 Å². The van der Waals surface area contributed by atoms with Gasteiger partial charge in [0.05, 0.1) is 10.7 Å². The summed E-state index contributed by atoms with van der Waals surface area (Å²) in [5, 5.41) is 0.431. The van der Waals surface area contributed by atoms with Gasteiger partial charge in [-0.3, -0.25) is 0 Å². The van der Waals surface area contributed by atoms with Gasteiger partial charge in [0.1, 0.15) is 0 Å². The molecule has 98 valence electrons. The first-order valence-electron chi connectivity index (χ1n) is 5.57. The minimum atomic E-state index is -3.44. The van der Waals surface area contributed by atoms with E-state index in [1.54, 1.807) is 48.5 Å². The van der Waals surface area contributed by atoms with E-state index in [0.29, 0.717) is 16.3 Å². The number of para-hydroxylation sites is 1. The zero-order valence-corrected chi connectivity index (χ0v) is 11.8. The van der Waals surface area contributed by atoms with Crippen molar-refractivity contribution in [2.24, 2.45) is 4.99 Å². The Morgan fingerprint density at radius 1 is 1.00 bits per heavy atom. The number of hydrogen-bond donors (Lipinski definition) is 0. The first-order chi connectivity index (χ1) is 8.98. The Kier molecular flexibility index (Phi) is 4.02. The standard InChI is InChI=1S/C14H12ClNO2S/c1-19(17,18)14(11-7-3-2-4-8-11)16-13-10-6-5-9-12(13)15/h2-10H,1H3. The first-order valence-corrected chi connectivity index (χ1v) is 7.84. The summed E-state index contributed by atoms with van der Waals surface area (Å²) < 4.78 is 23.7. The van der Waals surface area contributed by atoms with Crippen LogP contribution in [0.5, 0.6) is 0 Å². The van der Waals surface area contributed by atoms with Gasteiger partial charge in [-0.25, -0.2) is 13.4 Å². The van der Waals surface area contributed by atoms with E-state index in [1.165, 1.54) is 0 Å². The van der Waals surface area contributed by atoms with Crippen molar-refractivity contribution in [3.63, 3.8) is 0 Å². The molecule has 0 saturated carbocycles. The molecule has 0 aliphatic heterocycles. The van der Waals surface area contributed by atoms with Gasteiger partial charge in [0.15, 0.2) is 14.9 Å². The lowest BCUT2D eigenvalue weighted by molar-refractivity contribution is 0.612. The molecule has 0 saturated heterocycles. The minimum absolute atomic E-state index is 0.0150. The lowest BCUT2D eigenvalue weighted by atomic mass is 10.2. The zero-order valence-electron chi connectivity index (χ0n) is 10.2. The van der Waals surface area contributed by atoms with Gasteiger partial charge in [-0.05, 0) is 12.1 Å². The van der Waals surface area contributed by atoms with E-state index < -0.39 is 9.84 Å². The molecule has 19 heavy (non-hydrogen) atoms. The molecule has 0 N–H and O–H groups in total. The summed E-state index contributed by atoms with van der Waals surface area (Å²) in [6.07, 6.45) is 1.13. The highest BCUT2D eigenvalue weighted by molar-refractivity contribution is 8.06. The summed E-state index contributed by atoms with van der Waals surface area (Å²) in [6.45, 7) is 0. The Morgan fingerprint density at radius 2 is 1.58 bits per heavy atom. The lowest BCUT2D eigenvalue weighted by Gasteiger charge is -2.05. The minimum Gasteiger partial charge on any atom is -0.235 e. The second-order valence-corrected chi connectivity index (χ2v) is 6.34. The maximum absolute atomic E-state index is 11.9. The maximum Gasteiger partial charge on any atom is 0.193 e. The van der Waals surface area contributed by atoms with Crippen molar-refractivity contribution in [3.8, 4) is 0 Å². The highest BCUT2D eigenvalue weighted by atomic mass is 35.5. The summed E-state index contributed by atoms with van der Waals surface area (Å²) in [7, 11) is -3.44. The molecule has 0 aliphatic carbocycles. The second-order valence-electron chi connectivity index (χ2n) is 4.01. The predicted molar refractivity (Wildman–Crippen MR) is 78.9 cm³/mol. The number of halogens is 1. The Balaban J connectivity index is 2.61. The van der Waals surface area contributed by atoms with E-state index in [0.717, 1.165) is 6.26 Å². The van der Waals surface area contributed by atoms with Crippen LogP contribution < -0.4 is 0 Å². The van der Waals surface area contributed by atoms with Gasteiger partial charge in [-0.2, -0.15) is 0 Å². The molecule has 0 aliphatic rings. The fourth-order valence-electron chi connectivity index (χ4n) is 1.59. The maximum atomic E-state index is 11.9. The lowest BCUT2D eigenvalue weighted by Crippen LogP contribution is -2.14. The molecule has 2 aromatic rings. The fraction of sp³-hybridized carbons (Fsp3) is 0.0714. The third kappa shape index (κ3) is 3.43. The molecule has 0 unspecified atom stereocenters. The Hall–Kier alpha value is -1.65. The van der Waals surface area contributed by atoms with Gasteiger partial charge in [-0.15, -0.1) is 0 Å². The molecule has 0 heterocycles. The third-order valence-corrected chi connectivity index (χ3v) is 3.80. The monoisotopic (exact) mass is 293 g/mol. The van der Waals surface area contributed by atoms with Gasteiger partial charge < -0.3 is 0 Å². The first kappa shape index (κ1) is 13.8. The third-order valence-electron chi connectivity index (χ3n) is 2.45. The van der Waals surface area contributed by atoms with Crippen LogP contribution in [0.4, 0.5) is 5.69 Å². The van der Waals surface area contributed by atoms with E-state index in [1.807, 2.05) is 6.07 Å². The molecular formula is C14H12ClNO2S. The number of aliphatic imine (C=N–C) groups is 1. The van der Waals surface area contributed by atoms with Crippen molar-refractivity contribution >= 4 is 32.2 Å². The average molecular weight is 294 g/mol. The molecule has 0 fully saturated rings. The van der Waals surface area contributed by atoms with E-state index in [-0.39, 0.29) is 5.04 Å². The highest BCUT2D eigenvalue weighted by Gasteiger charge is 2.16. The van der Waals surface area contributed by atoms with Gasteiger partial charge in [0.25, 0.3) is 0 Å². The van der Waals surface area contributed by atoms with E-state index in [4.69, 9.17) is 11.6 Å². The van der Waals surface area contributed by atoms with E-state index in [2.05, 4.69) is 4.99 Å². The van der Waals surface area contributed by atoms with Crippen LogP contribution in [0.2, 0.25) is 5.02 Å². The van der Waals surface area contributed by atoms with Crippen LogP contribution in [0.25, 0.3) is 0 Å². The Bertz CT molecular complexity index is 709. The summed E-state index contributed by atoms with van der Waals surface area (Å²) in [4.78, 5) is 4.20. The molecule has 0 spiro atoms. The largest absolute Gasteiger partial charge is 0.235 e. The zero-order chi connectivity index (χ0) is 13.9. The van der Waals surface area contributed by atoms with E-state index >= 15 is 0 Å². The van der Waals surface area contributed by atoms with Crippen molar-refractivity contribution in [2.45, 2.75) is 0 Å². The molecule has 3 nitrogen and oxygen atoms in total. The van der Waals surface area contributed by atoms with Gasteiger partial charge in [-0.1, -0.05) is 54.1 Å². The molecule has 0 amide bonds. The smallest absolute Gasteiger partial charge is 0.193 e. The number of sulfone groups is 1. The topological polar surface area (TPSA) is 46.5 Å². The normalized spacial score (nSPS) is 12.4. The van der Waals surface area contributed by atoms with Crippen molar-refractivity contribution in [1.29, 1.82) is 0 Å². The summed E-state index contributed by atoms with van der Waals surface area (Å²) in [5.74, 6) is 0. The quantitative estimate of drug-likeness (QED) is 0.629. The number of rotatable bonds is 2. The van der Waals surface area contributed by atoms with Gasteiger partial charge >= 0.3 is 0 Å². The van der Waals surface area contributed by atoms with Crippen molar-refractivity contribution in [2.75, 3.05) is 6.26 Å². The Morgan fingerprint density at radius 3 is 2.16 bits per heavy atom. The molecule has 2 aromatic carbocycles. The van der Waals surface area contributed by atoms with Crippen LogP contribution in [0.3, 0.4) is 0 Å². The van der Waals surface area contributed by atoms with Gasteiger partial charge in [0.2, 0.25) is 0 Å². The molecule has 0 radical (unpaired) electrons. The molecule has 2 rings (SSSR count). The molecule has 0 atom stereocenters. The molecule has 0 bridgehead atoms. The van der Waals surface area contributed by atoms with Gasteiger partial charge in [0, 0.05) is 11.8 Å². The van der Waals surface area contributed by atoms with Crippen LogP contribution in [0.15, 0.2) is 59.6 Å². The SMILES string of the molecule is CS(=O)(=O)C(=Nc1ccccc1Cl)c1ccccc1. The fourth-order valence-corrected chi connectivity index (χ4v) is 2.60.